The summed E-state index contributed by atoms with van der Waals surface area (Å²) in [4.78, 5) is 49.3. The van der Waals surface area contributed by atoms with E-state index in [1.165, 1.54) is 25.1 Å². The molecule has 3 amide bonds. The van der Waals surface area contributed by atoms with Gasteiger partial charge in [0.05, 0.1) is 16.8 Å². The topological polar surface area (TPSA) is 110 Å². The van der Waals surface area contributed by atoms with E-state index in [4.69, 9.17) is 11.6 Å². The Morgan fingerprint density at radius 2 is 2.00 bits per heavy atom. The number of benzene rings is 1. The number of aryl methyl sites for hydroxylation is 1. The summed E-state index contributed by atoms with van der Waals surface area (Å²) in [6, 6.07) is 3.27. The fourth-order valence-corrected chi connectivity index (χ4v) is 3.74. The lowest BCUT2D eigenvalue weighted by atomic mass is 9.85. The number of imide groups is 1. The van der Waals surface area contributed by atoms with Crippen LogP contribution in [0.5, 0.6) is 0 Å². The van der Waals surface area contributed by atoms with E-state index in [9.17, 15) is 24.5 Å². The smallest absolute Gasteiger partial charge is 0.274 e. The van der Waals surface area contributed by atoms with Crippen molar-refractivity contribution in [3.8, 4) is 0 Å². The number of fused-ring (bicyclic) bond motifs is 1. The van der Waals surface area contributed by atoms with Crippen molar-refractivity contribution < 1.29 is 19.3 Å². The van der Waals surface area contributed by atoms with Gasteiger partial charge in [0.15, 0.2) is 0 Å². The van der Waals surface area contributed by atoms with E-state index in [0.717, 1.165) is 4.90 Å². The molecular weight excluding hydrogens is 374 g/mol. The first-order valence-corrected chi connectivity index (χ1v) is 8.86. The summed E-state index contributed by atoms with van der Waals surface area (Å²) in [5.41, 5.74) is 0.565. The summed E-state index contributed by atoms with van der Waals surface area (Å²) in [6.45, 7) is 3.05. The van der Waals surface area contributed by atoms with Crippen LogP contribution in [0.3, 0.4) is 0 Å². The molecule has 1 heterocycles. The van der Waals surface area contributed by atoms with E-state index in [1.54, 1.807) is 13.0 Å². The van der Waals surface area contributed by atoms with Gasteiger partial charge in [-0.05, 0) is 32.8 Å². The fraction of sp³-hybridized carbons (Fsp3) is 0.389. The highest BCUT2D eigenvalue weighted by molar-refractivity contribution is 6.30. The average molecular weight is 392 g/mol. The van der Waals surface area contributed by atoms with Gasteiger partial charge >= 0.3 is 0 Å². The molecule has 1 aromatic carbocycles. The summed E-state index contributed by atoms with van der Waals surface area (Å²) < 4.78 is 0. The Balaban J connectivity index is 1.76. The van der Waals surface area contributed by atoms with Crippen molar-refractivity contribution in [2.75, 3.05) is 5.32 Å². The lowest BCUT2D eigenvalue weighted by Crippen LogP contribution is -2.46. The van der Waals surface area contributed by atoms with Crippen LogP contribution in [0.25, 0.3) is 0 Å². The van der Waals surface area contributed by atoms with Gasteiger partial charge in [0, 0.05) is 22.3 Å². The molecule has 142 valence electrons. The highest BCUT2D eigenvalue weighted by atomic mass is 35.5. The third kappa shape index (κ3) is 3.44. The molecule has 1 aromatic rings. The normalized spacial score (nSPS) is 22.9. The highest BCUT2D eigenvalue weighted by Gasteiger charge is 2.51. The van der Waals surface area contributed by atoms with Crippen molar-refractivity contribution in [3.05, 3.63) is 45.0 Å². The van der Waals surface area contributed by atoms with Gasteiger partial charge < -0.3 is 5.32 Å². The van der Waals surface area contributed by atoms with Gasteiger partial charge in [-0.15, -0.1) is 0 Å². The number of rotatable bonds is 4. The molecule has 27 heavy (non-hydrogen) atoms. The van der Waals surface area contributed by atoms with E-state index >= 15 is 0 Å². The number of nitro groups is 1. The second-order valence-electron chi connectivity index (χ2n) is 6.77. The van der Waals surface area contributed by atoms with Gasteiger partial charge in [0.2, 0.25) is 17.7 Å². The van der Waals surface area contributed by atoms with E-state index < -0.39 is 34.6 Å². The van der Waals surface area contributed by atoms with Gasteiger partial charge in [-0.1, -0.05) is 23.7 Å². The molecule has 8 nitrogen and oxygen atoms in total. The van der Waals surface area contributed by atoms with Gasteiger partial charge in [-0.3, -0.25) is 29.4 Å². The van der Waals surface area contributed by atoms with E-state index in [-0.39, 0.29) is 17.3 Å². The van der Waals surface area contributed by atoms with Crippen LogP contribution in [0, 0.1) is 28.9 Å². The molecular formula is C18H18ClN3O5. The number of carbonyl (C=O) groups excluding carboxylic acids is 3. The summed E-state index contributed by atoms with van der Waals surface area (Å²) >= 11 is 5.99. The Morgan fingerprint density at radius 1 is 1.33 bits per heavy atom. The Bertz CT molecular complexity index is 882. The largest absolute Gasteiger partial charge is 0.324 e. The maximum Gasteiger partial charge on any atom is 0.274 e. The first-order chi connectivity index (χ1) is 12.7. The molecule has 9 heteroatoms. The Hall–Kier alpha value is -2.74. The predicted molar refractivity (Wildman–Crippen MR) is 97.9 cm³/mol. The predicted octanol–water partition coefficient (Wildman–Crippen LogP) is 2.75. The molecule has 1 aliphatic carbocycles. The zero-order valence-corrected chi connectivity index (χ0v) is 15.5. The number of nitrogens with zero attached hydrogens (tertiary/aromatic N) is 2. The van der Waals surface area contributed by atoms with E-state index in [2.05, 4.69) is 5.32 Å². The van der Waals surface area contributed by atoms with Crippen molar-refractivity contribution in [2.24, 2.45) is 11.8 Å². The fourth-order valence-electron chi connectivity index (χ4n) is 3.48. The molecule has 3 unspecified atom stereocenters. The van der Waals surface area contributed by atoms with Crippen molar-refractivity contribution >= 4 is 40.7 Å². The Labute approximate surface area is 160 Å². The zero-order chi connectivity index (χ0) is 19.9. The number of nitrogens with one attached hydrogen (secondary N) is 1. The van der Waals surface area contributed by atoms with Crippen LogP contribution >= 0.6 is 11.6 Å². The highest BCUT2D eigenvalue weighted by Crippen LogP contribution is 2.39. The molecule has 1 N–H and O–H groups in total. The van der Waals surface area contributed by atoms with Gasteiger partial charge in [-0.2, -0.15) is 0 Å². The van der Waals surface area contributed by atoms with Crippen LogP contribution in [0.15, 0.2) is 29.3 Å². The standard InChI is InChI=1S/C18H18ClN3O5/c1-9-3-5-12(8-15(9)22(26)27)20-16(23)10(2)21-17(24)13-6-4-11(19)7-14(13)18(21)25/h3-5,8,10,13-14H,6-7H2,1-2H3,(H,20,23). The van der Waals surface area contributed by atoms with Crippen molar-refractivity contribution in [1.29, 1.82) is 0 Å². The lowest BCUT2D eigenvalue weighted by molar-refractivity contribution is -0.385. The first-order valence-electron chi connectivity index (χ1n) is 8.48. The quantitative estimate of drug-likeness (QED) is 0.482. The monoisotopic (exact) mass is 391 g/mol. The van der Waals surface area contributed by atoms with Gasteiger partial charge in [0.25, 0.3) is 5.69 Å². The molecule has 0 bridgehead atoms. The Morgan fingerprint density at radius 3 is 2.67 bits per heavy atom. The molecule has 1 fully saturated rings. The summed E-state index contributed by atoms with van der Waals surface area (Å²) in [6.07, 6.45) is 2.41. The van der Waals surface area contributed by atoms with Gasteiger partial charge in [0.1, 0.15) is 6.04 Å². The molecule has 1 aliphatic heterocycles. The molecule has 3 rings (SSSR count). The summed E-state index contributed by atoms with van der Waals surface area (Å²) in [7, 11) is 0. The Kier molecular flexibility index (Phi) is 5.01. The van der Waals surface area contributed by atoms with Crippen LogP contribution in [-0.2, 0) is 14.4 Å². The summed E-state index contributed by atoms with van der Waals surface area (Å²) in [5.74, 6) is -2.41. The maximum atomic E-state index is 12.6. The number of nitro benzene ring substituents is 1. The lowest BCUT2D eigenvalue weighted by Gasteiger charge is -2.22. The number of allylic oxidation sites excluding steroid dienone is 2. The van der Waals surface area contributed by atoms with Crippen LogP contribution in [0.4, 0.5) is 11.4 Å². The molecule has 0 spiro atoms. The number of likely N-dealkylation sites (tertiary alicyclic amines) is 1. The van der Waals surface area contributed by atoms with Crippen LogP contribution in [-0.4, -0.2) is 33.6 Å². The number of carbonyl (C=O) groups is 3. The molecule has 0 radical (unpaired) electrons. The summed E-state index contributed by atoms with van der Waals surface area (Å²) in [5, 5.41) is 14.1. The second kappa shape index (κ2) is 7.11. The molecule has 0 saturated carbocycles. The molecule has 1 saturated heterocycles. The maximum absolute atomic E-state index is 12.6. The molecule has 2 aliphatic rings. The van der Waals surface area contributed by atoms with Crippen molar-refractivity contribution in [3.63, 3.8) is 0 Å². The van der Waals surface area contributed by atoms with Crippen LogP contribution in [0.1, 0.15) is 25.3 Å². The molecule has 0 aromatic heterocycles. The van der Waals surface area contributed by atoms with E-state index in [0.29, 0.717) is 23.4 Å². The number of hydrogen-bond acceptors (Lipinski definition) is 5. The van der Waals surface area contributed by atoms with Gasteiger partial charge in [-0.25, -0.2) is 0 Å². The minimum atomic E-state index is -1.03. The third-order valence-corrected chi connectivity index (χ3v) is 5.35. The number of halogens is 1. The van der Waals surface area contributed by atoms with Crippen molar-refractivity contribution in [2.45, 2.75) is 32.7 Å². The zero-order valence-electron chi connectivity index (χ0n) is 14.8. The SMILES string of the molecule is Cc1ccc(NC(=O)C(C)N2C(=O)C3CC=C(Cl)CC3C2=O)cc1[N+](=O)[O-]. The number of hydrogen-bond donors (Lipinski definition) is 1. The number of anilines is 1. The van der Waals surface area contributed by atoms with Crippen molar-refractivity contribution in [1.82, 2.24) is 4.90 Å². The minimum Gasteiger partial charge on any atom is -0.324 e. The third-order valence-electron chi connectivity index (χ3n) is 5.04. The van der Waals surface area contributed by atoms with Crippen LogP contribution < -0.4 is 5.32 Å². The minimum absolute atomic E-state index is 0.125. The average Bonchev–Trinajstić information content (AvgIpc) is 2.86. The van der Waals surface area contributed by atoms with E-state index in [1.807, 2.05) is 0 Å². The first kappa shape index (κ1) is 19.0. The number of amides is 3. The second-order valence-corrected chi connectivity index (χ2v) is 7.26. The molecule has 3 atom stereocenters. The van der Waals surface area contributed by atoms with Crippen LogP contribution in [0.2, 0.25) is 0 Å².